The Morgan fingerprint density at radius 2 is 1.76 bits per heavy atom. The zero-order valence-corrected chi connectivity index (χ0v) is 12.5. The first-order chi connectivity index (χ1) is 10.0. The van der Waals surface area contributed by atoms with E-state index in [1.54, 1.807) is 12.1 Å². The fourth-order valence-corrected chi connectivity index (χ4v) is 3.70. The van der Waals surface area contributed by atoms with Crippen molar-refractivity contribution in [2.75, 3.05) is 10.6 Å². The van der Waals surface area contributed by atoms with E-state index in [2.05, 4.69) is 0 Å². The lowest BCUT2D eigenvalue weighted by Crippen LogP contribution is -2.36. The maximum atomic E-state index is 13.0. The van der Waals surface area contributed by atoms with Crippen molar-refractivity contribution >= 4 is 23.2 Å². The Hall–Kier alpha value is -1.84. The van der Waals surface area contributed by atoms with Crippen LogP contribution >= 0.6 is 0 Å². The van der Waals surface area contributed by atoms with E-state index in [0.29, 0.717) is 17.8 Å². The summed E-state index contributed by atoms with van der Waals surface area (Å²) in [6.45, 7) is 1.91. The number of rotatable bonds is 1. The molecule has 0 atom stereocenters. The normalized spacial score (nSPS) is 21.9. The second kappa shape index (κ2) is 5.17. The lowest BCUT2D eigenvalue weighted by Gasteiger charge is -2.25. The lowest BCUT2D eigenvalue weighted by molar-refractivity contribution is -0.126. The minimum absolute atomic E-state index is 0.0110. The van der Waals surface area contributed by atoms with Gasteiger partial charge >= 0.3 is 0 Å². The number of benzene rings is 1. The summed E-state index contributed by atoms with van der Waals surface area (Å²) in [5, 5.41) is 0. The molecule has 0 bridgehead atoms. The molecule has 1 saturated carbocycles. The molecule has 1 saturated heterocycles. The topological polar surface area (TPSA) is 63.4 Å². The first-order valence-corrected chi connectivity index (χ1v) is 7.77. The van der Waals surface area contributed by atoms with E-state index >= 15 is 0 Å². The number of amides is 2. The Morgan fingerprint density at radius 1 is 1.10 bits per heavy atom. The molecule has 2 aliphatic rings. The molecular weight excluding hydrogens is 264 g/mol. The minimum Gasteiger partial charge on any atom is -0.399 e. The van der Waals surface area contributed by atoms with Gasteiger partial charge in [-0.15, -0.1) is 0 Å². The summed E-state index contributed by atoms with van der Waals surface area (Å²) < 4.78 is 0. The van der Waals surface area contributed by atoms with E-state index in [0.717, 1.165) is 31.2 Å². The molecule has 1 aliphatic carbocycles. The number of imide groups is 1. The number of hydrogen-bond donors (Lipinski definition) is 1. The van der Waals surface area contributed by atoms with Crippen LogP contribution in [-0.2, 0) is 9.59 Å². The number of hydrogen-bond acceptors (Lipinski definition) is 3. The van der Waals surface area contributed by atoms with Gasteiger partial charge in [-0.05, 0) is 37.5 Å². The molecule has 2 fully saturated rings. The molecule has 3 rings (SSSR count). The summed E-state index contributed by atoms with van der Waals surface area (Å²) in [7, 11) is 0. The average Bonchev–Trinajstić information content (AvgIpc) is 2.61. The van der Waals surface area contributed by atoms with Gasteiger partial charge < -0.3 is 5.73 Å². The van der Waals surface area contributed by atoms with Crippen LogP contribution < -0.4 is 10.6 Å². The molecule has 2 N–H and O–H groups in total. The van der Waals surface area contributed by atoms with Crippen LogP contribution in [0, 0.1) is 12.3 Å². The SMILES string of the molecule is Cc1ccc(N)cc1N1C(=O)CC2(CCCCCC2)C1=O. The molecule has 1 heterocycles. The first-order valence-electron chi connectivity index (χ1n) is 7.77. The molecule has 0 aromatic heterocycles. The predicted molar refractivity (Wildman–Crippen MR) is 82.8 cm³/mol. The molecule has 1 aromatic rings. The van der Waals surface area contributed by atoms with Gasteiger partial charge in [0.2, 0.25) is 11.8 Å². The van der Waals surface area contributed by atoms with Gasteiger partial charge in [-0.2, -0.15) is 0 Å². The highest BCUT2D eigenvalue weighted by molar-refractivity contribution is 6.23. The van der Waals surface area contributed by atoms with Crippen LogP contribution in [0.1, 0.15) is 50.5 Å². The van der Waals surface area contributed by atoms with E-state index in [1.807, 2.05) is 13.0 Å². The van der Waals surface area contributed by atoms with Crippen LogP contribution in [0.2, 0.25) is 0 Å². The van der Waals surface area contributed by atoms with Crippen molar-refractivity contribution in [3.63, 3.8) is 0 Å². The largest absolute Gasteiger partial charge is 0.399 e. The van der Waals surface area contributed by atoms with Crippen molar-refractivity contribution in [3.8, 4) is 0 Å². The fraction of sp³-hybridized carbons (Fsp3) is 0.529. The number of nitrogens with two attached hydrogens (primary N) is 1. The summed E-state index contributed by atoms with van der Waals surface area (Å²) in [5.41, 5.74) is 7.53. The van der Waals surface area contributed by atoms with E-state index in [9.17, 15) is 9.59 Å². The van der Waals surface area contributed by atoms with Crippen LogP contribution in [0.4, 0.5) is 11.4 Å². The highest BCUT2D eigenvalue weighted by Gasteiger charge is 2.51. The van der Waals surface area contributed by atoms with Crippen molar-refractivity contribution in [3.05, 3.63) is 23.8 Å². The van der Waals surface area contributed by atoms with Gasteiger partial charge in [0.1, 0.15) is 0 Å². The Balaban J connectivity index is 1.99. The van der Waals surface area contributed by atoms with E-state index < -0.39 is 5.41 Å². The van der Waals surface area contributed by atoms with E-state index in [-0.39, 0.29) is 11.8 Å². The number of carbonyl (C=O) groups excluding carboxylic acids is 2. The maximum Gasteiger partial charge on any atom is 0.240 e. The van der Waals surface area contributed by atoms with Gasteiger partial charge in [0.05, 0.1) is 11.1 Å². The van der Waals surface area contributed by atoms with E-state index in [4.69, 9.17) is 5.73 Å². The zero-order chi connectivity index (χ0) is 15.0. The van der Waals surface area contributed by atoms with Crippen LogP contribution in [0.5, 0.6) is 0 Å². The molecule has 1 aliphatic heterocycles. The molecule has 4 heteroatoms. The van der Waals surface area contributed by atoms with Crippen molar-refractivity contribution in [2.24, 2.45) is 5.41 Å². The van der Waals surface area contributed by atoms with Crippen LogP contribution in [0.25, 0.3) is 0 Å². The smallest absolute Gasteiger partial charge is 0.240 e. The molecule has 1 aromatic carbocycles. The lowest BCUT2D eigenvalue weighted by atomic mass is 9.79. The number of carbonyl (C=O) groups is 2. The highest BCUT2D eigenvalue weighted by Crippen LogP contribution is 2.46. The number of aryl methyl sites for hydroxylation is 1. The second-order valence-electron chi connectivity index (χ2n) is 6.45. The predicted octanol–water partition coefficient (Wildman–Crippen LogP) is 3.18. The average molecular weight is 286 g/mol. The van der Waals surface area contributed by atoms with Crippen molar-refractivity contribution in [2.45, 2.75) is 51.9 Å². The van der Waals surface area contributed by atoms with Crippen molar-refractivity contribution < 1.29 is 9.59 Å². The Kier molecular flexibility index (Phi) is 3.47. The third-order valence-corrected chi connectivity index (χ3v) is 4.93. The molecular formula is C17H22N2O2. The Morgan fingerprint density at radius 3 is 2.43 bits per heavy atom. The minimum atomic E-state index is -0.454. The Labute approximate surface area is 125 Å². The summed E-state index contributed by atoms with van der Waals surface area (Å²) >= 11 is 0. The molecule has 0 unspecified atom stereocenters. The molecule has 1 spiro atoms. The van der Waals surface area contributed by atoms with Gasteiger partial charge in [-0.25, -0.2) is 4.90 Å². The fourth-order valence-electron chi connectivity index (χ4n) is 3.70. The third kappa shape index (κ3) is 2.33. The van der Waals surface area contributed by atoms with Crippen molar-refractivity contribution in [1.29, 1.82) is 0 Å². The van der Waals surface area contributed by atoms with Gasteiger partial charge in [-0.3, -0.25) is 9.59 Å². The molecule has 0 radical (unpaired) electrons. The quantitative estimate of drug-likeness (QED) is 0.637. The molecule has 2 amide bonds. The molecule has 21 heavy (non-hydrogen) atoms. The summed E-state index contributed by atoms with van der Waals surface area (Å²) in [4.78, 5) is 26.9. The standard InChI is InChI=1S/C17H22N2O2/c1-12-6-7-13(18)10-14(12)19-15(20)11-17(16(19)21)8-4-2-3-5-9-17/h6-7,10H,2-5,8-9,11,18H2,1H3. The first kappa shape index (κ1) is 14.1. The number of nitrogen functional groups attached to an aromatic ring is 1. The molecule has 4 nitrogen and oxygen atoms in total. The summed E-state index contributed by atoms with van der Waals surface area (Å²) in [6.07, 6.45) is 6.47. The van der Waals surface area contributed by atoms with Crippen molar-refractivity contribution in [1.82, 2.24) is 0 Å². The number of anilines is 2. The third-order valence-electron chi connectivity index (χ3n) is 4.93. The monoisotopic (exact) mass is 286 g/mol. The molecule has 112 valence electrons. The zero-order valence-electron chi connectivity index (χ0n) is 12.5. The van der Waals surface area contributed by atoms with Gasteiger partial charge in [0.15, 0.2) is 0 Å². The Bertz CT molecular complexity index is 586. The highest BCUT2D eigenvalue weighted by atomic mass is 16.2. The summed E-state index contributed by atoms with van der Waals surface area (Å²) in [6, 6.07) is 5.40. The second-order valence-corrected chi connectivity index (χ2v) is 6.45. The van der Waals surface area contributed by atoms with Crippen LogP contribution in [-0.4, -0.2) is 11.8 Å². The van der Waals surface area contributed by atoms with E-state index in [1.165, 1.54) is 17.7 Å². The van der Waals surface area contributed by atoms with Crippen LogP contribution in [0.3, 0.4) is 0 Å². The van der Waals surface area contributed by atoms with Gasteiger partial charge in [-0.1, -0.05) is 31.7 Å². The number of nitrogens with zero attached hydrogens (tertiary/aromatic N) is 1. The van der Waals surface area contributed by atoms with Gasteiger partial charge in [0.25, 0.3) is 0 Å². The van der Waals surface area contributed by atoms with Crippen LogP contribution in [0.15, 0.2) is 18.2 Å². The van der Waals surface area contributed by atoms with Gasteiger partial charge in [0, 0.05) is 12.1 Å². The summed E-state index contributed by atoms with van der Waals surface area (Å²) in [5.74, 6) is -0.0845. The maximum absolute atomic E-state index is 13.0.